The number of ether oxygens (including phenoxy) is 2. The largest absolute Gasteiger partial charge is 0.497 e. The highest BCUT2D eigenvalue weighted by Gasteiger charge is 2.31. The number of allylic oxidation sites excluding steroid dienone is 1. The number of rotatable bonds is 2. The Kier molecular flexibility index (Phi) is 3.48. The lowest BCUT2D eigenvalue weighted by Gasteiger charge is -2.27. The summed E-state index contributed by atoms with van der Waals surface area (Å²) in [5.74, 6) is 1.25. The second kappa shape index (κ2) is 5.45. The van der Waals surface area contributed by atoms with E-state index >= 15 is 0 Å². The van der Waals surface area contributed by atoms with Crippen molar-refractivity contribution in [2.45, 2.75) is 12.8 Å². The lowest BCUT2D eigenvalue weighted by Crippen LogP contribution is -2.21. The molecular formula is C18H16N2O2. The van der Waals surface area contributed by atoms with Gasteiger partial charge in [0.05, 0.1) is 13.0 Å². The highest BCUT2D eigenvalue weighted by Crippen LogP contribution is 2.44. The molecule has 0 bridgehead atoms. The van der Waals surface area contributed by atoms with Crippen LogP contribution in [0.3, 0.4) is 0 Å². The van der Waals surface area contributed by atoms with Gasteiger partial charge >= 0.3 is 0 Å². The molecule has 0 spiro atoms. The maximum absolute atomic E-state index is 9.52. The van der Waals surface area contributed by atoms with Crippen molar-refractivity contribution < 1.29 is 9.47 Å². The molecule has 0 saturated carbocycles. The van der Waals surface area contributed by atoms with Gasteiger partial charge in [0.15, 0.2) is 0 Å². The first kappa shape index (κ1) is 14.0. The second-order valence-electron chi connectivity index (χ2n) is 5.19. The van der Waals surface area contributed by atoms with E-state index in [1.54, 1.807) is 13.2 Å². The van der Waals surface area contributed by atoms with Gasteiger partial charge in [-0.2, -0.15) is 5.26 Å². The average Bonchev–Trinajstić information content (AvgIpc) is 2.53. The summed E-state index contributed by atoms with van der Waals surface area (Å²) < 4.78 is 10.9. The molecule has 2 aromatic rings. The Morgan fingerprint density at radius 2 is 1.95 bits per heavy atom. The Morgan fingerprint density at radius 3 is 2.64 bits per heavy atom. The third-order valence-electron chi connectivity index (χ3n) is 3.93. The molecule has 0 unspecified atom stereocenters. The van der Waals surface area contributed by atoms with Crippen LogP contribution in [0.25, 0.3) is 0 Å². The van der Waals surface area contributed by atoms with Gasteiger partial charge in [0.25, 0.3) is 0 Å². The molecule has 2 N–H and O–H groups in total. The fourth-order valence-corrected chi connectivity index (χ4v) is 2.79. The Bertz CT molecular complexity index is 803. The van der Waals surface area contributed by atoms with Crippen LogP contribution in [0.4, 0.5) is 0 Å². The normalized spacial score (nSPS) is 16.5. The molecule has 4 nitrogen and oxygen atoms in total. The zero-order valence-corrected chi connectivity index (χ0v) is 12.5. The SMILES string of the molecule is COc1ccc2c(c1)OC(N)=C(C#N)[C@@H]2c1ccccc1C. The topological polar surface area (TPSA) is 68.3 Å². The third kappa shape index (κ3) is 2.17. The van der Waals surface area contributed by atoms with Crippen molar-refractivity contribution in [2.24, 2.45) is 5.73 Å². The Hall–Kier alpha value is -2.93. The Balaban J connectivity index is 2.24. The number of benzene rings is 2. The zero-order chi connectivity index (χ0) is 15.7. The Labute approximate surface area is 129 Å². The molecule has 3 rings (SSSR count). The maximum atomic E-state index is 9.52. The van der Waals surface area contributed by atoms with Crippen molar-refractivity contribution >= 4 is 0 Å². The van der Waals surface area contributed by atoms with E-state index in [0.717, 1.165) is 16.7 Å². The van der Waals surface area contributed by atoms with Crippen molar-refractivity contribution in [3.8, 4) is 17.6 Å². The van der Waals surface area contributed by atoms with E-state index in [4.69, 9.17) is 15.2 Å². The highest BCUT2D eigenvalue weighted by atomic mass is 16.5. The molecule has 110 valence electrons. The number of hydrogen-bond donors (Lipinski definition) is 1. The second-order valence-corrected chi connectivity index (χ2v) is 5.19. The number of hydrogen-bond acceptors (Lipinski definition) is 4. The van der Waals surface area contributed by atoms with Crippen molar-refractivity contribution in [3.05, 3.63) is 70.6 Å². The highest BCUT2D eigenvalue weighted by molar-refractivity contribution is 5.58. The standard InChI is InChI=1S/C18H16N2O2/c1-11-5-3-4-6-13(11)17-14-8-7-12(21-2)9-16(14)22-18(20)15(17)10-19/h3-9,17H,20H2,1-2H3/t17-/m1/s1. The lowest BCUT2D eigenvalue weighted by molar-refractivity contribution is 0.381. The Morgan fingerprint density at radius 1 is 1.18 bits per heavy atom. The van der Waals surface area contributed by atoms with Crippen LogP contribution in [-0.4, -0.2) is 7.11 Å². The summed E-state index contributed by atoms with van der Waals surface area (Å²) in [6.45, 7) is 2.03. The fraction of sp³-hybridized carbons (Fsp3) is 0.167. The summed E-state index contributed by atoms with van der Waals surface area (Å²) in [4.78, 5) is 0. The van der Waals surface area contributed by atoms with E-state index in [1.807, 2.05) is 43.3 Å². The third-order valence-corrected chi connectivity index (χ3v) is 3.93. The van der Waals surface area contributed by atoms with Gasteiger partial charge in [-0.05, 0) is 24.1 Å². The number of methoxy groups -OCH3 is 1. The minimum atomic E-state index is -0.221. The predicted octanol–water partition coefficient (Wildman–Crippen LogP) is 3.22. The fourth-order valence-electron chi connectivity index (χ4n) is 2.79. The number of nitrogens with two attached hydrogens (primary N) is 1. The van der Waals surface area contributed by atoms with Crippen molar-refractivity contribution in [1.29, 1.82) is 5.26 Å². The van der Waals surface area contributed by atoms with Gasteiger partial charge in [-0.25, -0.2) is 0 Å². The van der Waals surface area contributed by atoms with E-state index in [9.17, 15) is 5.26 Å². The molecule has 22 heavy (non-hydrogen) atoms. The van der Waals surface area contributed by atoms with Crippen LogP contribution < -0.4 is 15.2 Å². The summed E-state index contributed by atoms with van der Waals surface area (Å²) >= 11 is 0. The van der Waals surface area contributed by atoms with Gasteiger partial charge in [-0.15, -0.1) is 0 Å². The van der Waals surface area contributed by atoms with Gasteiger partial charge in [0.1, 0.15) is 23.1 Å². The quantitative estimate of drug-likeness (QED) is 0.922. The smallest absolute Gasteiger partial charge is 0.205 e. The van der Waals surface area contributed by atoms with Gasteiger partial charge < -0.3 is 15.2 Å². The summed E-state index contributed by atoms with van der Waals surface area (Å²) in [7, 11) is 1.60. The van der Waals surface area contributed by atoms with Gasteiger partial charge in [-0.3, -0.25) is 0 Å². The van der Waals surface area contributed by atoms with Crippen LogP contribution in [0.15, 0.2) is 53.9 Å². The number of aryl methyl sites for hydroxylation is 1. The molecule has 0 fully saturated rings. The van der Waals surface area contributed by atoms with Gasteiger partial charge in [0.2, 0.25) is 5.88 Å². The van der Waals surface area contributed by atoms with E-state index in [-0.39, 0.29) is 11.8 Å². The van der Waals surface area contributed by atoms with Crippen LogP contribution in [0.2, 0.25) is 0 Å². The van der Waals surface area contributed by atoms with Crippen molar-refractivity contribution in [2.75, 3.05) is 7.11 Å². The number of fused-ring (bicyclic) bond motifs is 1. The minimum absolute atomic E-state index is 0.150. The molecule has 1 aliphatic heterocycles. The molecule has 1 heterocycles. The summed E-state index contributed by atoms with van der Waals surface area (Å²) in [5, 5.41) is 9.52. The monoisotopic (exact) mass is 292 g/mol. The zero-order valence-electron chi connectivity index (χ0n) is 12.5. The first-order valence-electron chi connectivity index (χ1n) is 6.96. The predicted molar refractivity (Wildman–Crippen MR) is 83.5 cm³/mol. The first-order valence-corrected chi connectivity index (χ1v) is 6.96. The van der Waals surface area contributed by atoms with E-state index < -0.39 is 0 Å². The molecule has 1 aliphatic rings. The van der Waals surface area contributed by atoms with Crippen LogP contribution >= 0.6 is 0 Å². The average molecular weight is 292 g/mol. The molecule has 0 saturated heterocycles. The summed E-state index contributed by atoms with van der Waals surface area (Å²) in [6.07, 6.45) is 0. The minimum Gasteiger partial charge on any atom is -0.497 e. The molecule has 1 atom stereocenters. The molecule has 0 aromatic heterocycles. The molecule has 4 heteroatoms. The molecule has 0 radical (unpaired) electrons. The molecular weight excluding hydrogens is 276 g/mol. The van der Waals surface area contributed by atoms with Crippen LogP contribution in [-0.2, 0) is 0 Å². The van der Waals surface area contributed by atoms with Crippen LogP contribution in [0.5, 0.6) is 11.5 Å². The van der Waals surface area contributed by atoms with E-state index in [2.05, 4.69) is 6.07 Å². The molecule has 0 amide bonds. The van der Waals surface area contributed by atoms with Crippen LogP contribution in [0, 0.1) is 18.3 Å². The van der Waals surface area contributed by atoms with Gasteiger partial charge in [-0.1, -0.05) is 30.3 Å². The van der Waals surface area contributed by atoms with E-state index in [1.165, 1.54) is 0 Å². The number of nitriles is 1. The van der Waals surface area contributed by atoms with E-state index in [0.29, 0.717) is 17.1 Å². The van der Waals surface area contributed by atoms with Gasteiger partial charge in [0, 0.05) is 11.6 Å². The maximum Gasteiger partial charge on any atom is 0.205 e. The lowest BCUT2D eigenvalue weighted by atomic mass is 9.82. The van der Waals surface area contributed by atoms with Crippen LogP contribution in [0.1, 0.15) is 22.6 Å². The van der Waals surface area contributed by atoms with Crippen molar-refractivity contribution in [1.82, 2.24) is 0 Å². The van der Waals surface area contributed by atoms with Crippen molar-refractivity contribution in [3.63, 3.8) is 0 Å². The summed E-state index contributed by atoms with van der Waals surface area (Å²) in [6, 6.07) is 15.8. The molecule has 0 aliphatic carbocycles. The summed E-state index contributed by atoms with van der Waals surface area (Å²) in [5.41, 5.74) is 9.48. The number of nitrogens with zero attached hydrogens (tertiary/aromatic N) is 1. The first-order chi connectivity index (χ1) is 10.7. The molecule has 2 aromatic carbocycles.